The van der Waals surface area contributed by atoms with E-state index in [1.807, 2.05) is 12.3 Å². The molecule has 1 aromatic heterocycles. The number of pyridine rings is 1. The molecule has 1 atom stereocenters. The van der Waals surface area contributed by atoms with Crippen LogP contribution in [0.2, 0.25) is 0 Å². The monoisotopic (exact) mass is 453 g/mol. The molecule has 0 fully saturated rings. The first-order chi connectivity index (χ1) is 8.13. The second-order valence-corrected chi connectivity index (χ2v) is 6.23. The lowest BCUT2D eigenvalue weighted by atomic mass is 10.2. The molecule has 0 aliphatic heterocycles. The lowest BCUT2D eigenvalue weighted by molar-refractivity contribution is 0.218. The summed E-state index contributed by atoms with van der Waals surface area (Å²) in [6.45, 7) is 4.21. The van der Waals surface area contributed by atoms with Gasteiger partial charge in [0.05, 0.1) is 9.67 Å². The average molecular weight is 453 g/mol. The zero-order valence-electron chi connectivity index (χ0n) is 9.71. The van der Waals surface area contributed by atoms with E-state index in [-0.39, 0.29) is 6.10 Å². The highest BCUT2D eigenvalue weighted by atomic mass is 127. The molecule has 1 aromatic carbocycles. The third kappa shape index (κ3) is 2.83. The third-order valence-corrected chi connectivity index (χ3v) is 4.34. The first-order valence-electron chi connectivity index (χ1n) is 5.52. The number of fused-ring (bicyclic) bond motifs is 1. The van der Waals surface area contributed by atoms with Gasteiger partial charge in [-0.25, -0.2) is 0 Å². The molecule has 2 rings (SSSR count). The Balaban J connectivity index is 2.61. The highest BCUT2D eigenvalue weighted by molar-refractivity contribution is 14.1. The average Bonchev–Trinajstić information content (AvgIpc) is 2.34. The highest BCUT2D eigenvalue weighted by Crippen LogP contribution is 2.33. The molecule has 0 aliphatic carbocycles. The van der Waals surface area contributed by atoms with Crippen LogP contribution in [0.3, 0.4) is 0 Å². The van der Waals surface area contributed by atoms with Crippen LogP contribution < -0.4 is 4.74 Å². The molecule has 0 spiro atoms. The maximum absolute atomic E-state index is 5.99. The fourth-order valence-electron chi connectivity index (χ4n) is 1.54. The van der Waals surface area contributed by atoms with Crippen LogP contribution in [0.25, 0.3) is 10.9 Å². The molecule has 4 heteroatoms. The zero-order chi connectivity index (χ0) is 12.4. The molecule has 0 N–H and O–H groups in total. The first kappa shape index (κ1) is 13.3. The van der Waals surface area contributed by atoms with E-state index in [0.717, 1.165) is 26.6 Å². The second kappa shape index (κ2) is 5.69. The molecule has 0 aliphatic rings. The molecule has 2 aromatic rings. The number of benzene rings is 1. The largest absolute Gasteiger partial charge is 0.487 e. The number of nitrogens with zero attached hydrogens (tertiary/aromatic N) is 1. The van der Waals surface area contributed by atoms with Gasteiger partial charge >= 0.3 is 0 Å². The van der Waals surface area contributed by atoms with Gasteiger partial charge in [0.25, 0.3) is 0 Å². The smallest absolute Gasteiger partial charge is 0.159 e. The Bertz CT molecular complexity index is 542. The Morgan fingerprint density at radius 1 is 1.35 bits per heavy atom. The molecule has 90 valence electrons. The van der Waals surface area contributed by atoms with Crippen molar-refractivity contribution in [2.24, 2.45) is 0 Å². The molecule has 0 saturated heterocycles. The third-order valence-electron chi connectivity index (χ3n) is 2.64. The number of rotatable bonds is 3. The summed E-state index contributed by atoms with van der Waals surface area (Å²) in [4.78, 5) is 4.46. The number of ether oxygens (including phenoxy) is 1. The van der Waals surface area contributed by atoms with Gasteiger partial charge < -0.3 is 4.74 Å². The van der Waals surface area contributed by atoms with Crippen molar-refractivity contribution >= 4 is 56.1 Å². The second-order valence-electron chi connectivity index (χ2n) is 3.91. The quantitative estimate of drug-likeness (QED) is 0.634. The Labute approximate surface area is 128 Å². The molecule has 2 nitrogen and oxygen atoms in total. The molecule has 17 heavy (non-hydrogen) atoms. The first-order valence-corrected chi connectivity index (χ1v) is 7.68. The van der Waals surface area contributed by atoms with Crippen LogP contribution in [0.15, 0.2) is 24.4 Å². The summed E-state index contributed by atoms with van der Waals surface area (Å²) in [6, 6.07) is 6.19. The maximum atomic E-state index is 5.99. The fourth-order valence-corrected chi connectivity index (χ4v) is 3.58. The fraction of sp³-hybridized carbons (Fsp3) is 0.308. The van der Waals surface area contributed by atoms with Crippen molar-refractivity contribution < 1.29 is 4.74 Å². The maximum Gasteiger partial charge on any atom is 0.159 e. The van der Waals surface area contributed by atoms with Gasteiger partial charge in [-0.05, 0) is 70.7 Å². The van der Waals surface area contributed by atoms with Gasteiger partial charge in [-0.1, -0.05) is 13.0 Å². The van der Waals surface area contributed by atoms with E-state index in [9.17, 15) is 0 Å². The Hall–Kier alpha value is -0.110. The Morgan fingerprint density at radius 3 is 2.82 bits per heavy atom. The van der Waals surface area contributed by atoms with Crippen molar-refractivity contribution in [3.8, 4) is 5.75 Å². The molecule has 0 unspecified atom stereocenters. The van der Waals surface area contributed by atoms with Crippen LogP contribution in [0, 0.1) is 7.14 Å². The molecule has 0 bridgehead atoms. The van der Waals surface area contributed by atoms with Crippen molar-refractivity contribution in [3.05, 3.63) is 31.5 Å². The summed E-state index contributed by atoms with van der Waals surface area (Å²) in [6.07, 6.45) is 3.03. The highest BCUT2D eigenvalue weighted by Gasteiger charge is 2.13. The van der Waals surface area contributed by atoms with E-state index in [4.69, 9.17) is 4.74 Å². The lowest BCUT2D eigenvalue weighted by Crippen LogP contribution is -2.11. The van der Waals surface area contributed by atoms with Crippen molar-refractivity contribution in [1.82, 2.24) is 4.98 Å². The minimum absolute atomic E-state index is 0.216. The zero-order valence-corrected chi connectivity index (χ0v) is 14.0. The SMILES string of the molecule is CC[C@H](C)Oc1c(I)cc(I)c2cccnc12. The number of hydrogen-bond acceptors (Lipinski definition) is 2. The molecular formula is C13H13I2NO. The van der Waals surface area contributed by atoms with E-state index in [0.29, 0.717) is 0 Å². The van der Waals surface area contributed by atoms with Crippen molar-refractivity contribution in [1.29, 1.82) is 0 Å². The number of hydrogen-bond donors (Lipinski definition) is 0. The van der Waals surface area contributed by atoms with E-state index in [1.165, 1.54) is 3.57 Å². The van der Waals surface area contributed by atoms with Gasteiger partial charge in [-0.3, -0.25) is 4.98 Å². The molecular weight excluding hydrogens is 440 g/mol. The standard InChI is InChI=1S/C13H13I2NO/c1-3-8(2)17-13-11(15)7-10(14)9-5-4-6-16-12(9)13/h4-8H,3H2,1-2H3/t8-/m0/s1. The summed E-state index contributed by atoms with van der Waals surface area (Å²) in [7, 11) is 0. The predicted octanol–water partition coefficient (Wildman–Crippen LogP) is 4.62. The van der Waals surface area contributed by atoms with E-state index >= 15 is 0 Å². The minimum Gasteiger partial charge on any atom is -0.487 e. The molecule has 0 radical (unpaired) electrons. The van der Waals surface area contributed by atoms with Gasteiger partial charge in [0.15, 0.2) is 5.75 Å². The number of halogens is 2. The van der Waals surface area contributed by atoms with Gasteiger partial charge in [-0.2, -0.15) is 0 Å². The lowest BCUT2D eigenvalue weighted by Gasteiger charge is -2.16. The summed E-state index contributed by atoms with van der Waals surface area (Å²) >= 11 is 4.66. The molecule has 0 amide bonds. The van der Waals surface area contributed by atoms with Gasteiger partial charge in [0, 0.05) is 15.2 Å². The van der Waals surface area contributed by atoms with E-state index in [1.54, 1.807) is 0 Å². The summed E-state index contributed by atoms with van der Waals surface area (Å²) < 4.78 is 8.33. The predicted molar refractivity (Wildman–Crippen MR) is 87.6 cm³/mol. The van der Waals surface area contributed by atoms with E-state index < -0.39 is 0 Å². The Kier molecular flexibility index (Phi) is 4.46. The van der Waals surface area contributed by atoms with Crippen molar-refractivity contribution in [2.75, 3.05) is 0 Å². The normalized spacial score (nSPS) is 12.7. The summed E-state index contributed by atoms with van der Waals surface area (Å²) in [5.74, 6) is 0.913. The van der Waals surface area contributed by atoms with Gasteiger partial charge in [0.2, 0.25) is 0 Å². The van der Waals surface area contributed by atoms with Crippen LogP contribution in [-0.2, 0) is 0 Å². The summed E-state index contributed by atoms with van der Waals surface area (Å²) in [5, 5.41) is 1.16. The van der Waals surface area contributed by atoms with Gasteiger partial charge in [-0.15, -0.1) is 0 Å². The van der Waals surface area contributed by atoms with Crippen molar-refractivity contribution in [3.63, 3.8) is 0 Å². The van der Waals surface area contributed by atoms with E-state index in [2.05, 4.69) is 76.1 Å². The van der Waals surface area contributed by atoms with Crippen molar-refractivity contribution in [2.45, 2.75) is 26.4 Å². The minimum atomic E-state index is 0.216. The van der Waals surface area contributed by atoms with Crippen LogP contribution >= 0.6 is 45.2 Å². The summed E-state index contributed by atoms with van der Waals surface area (Å²) in [5.41, 5.74) is 0.962. The van der Waals surface area contributed by atoms with Crippen LogP contribution in [0.4, 0.5) is 0 Å². The topological polar surface area (TPSA) is 22.1 Å². The molecule has 0 saturated carbocycles. The number of aromatic nitrogens is 1. The van der Waals surface area contributed by atoms with Crippen LogP contribution in [-0.4, -0.2) is 11.1 Å². The molecule has 1 heterocycles. The van der Waals surface area contributed by atoms with Gasteiger partial charge in [0.1, 0.15) is 5.52 Å². The Morgan fingerprint density at radius 2 is 2.12 bits per heavy atom. The van der Waals surface area contributed by atoms with Crippen LogP contribution in [0.5, 0.6) is 5.75 Å². The van der Waals surface area contributed by atoms with Crippen LogP contribution in [0.1, 0.15) is 20.3 Å².